The lowest BCUT2D eigenvalue weighted by Crippen LogP contribution is -2.03. The molecule has 1 N–H and O–H groups in total. The van der Waals surface area contributed by atoms with E-state index in [9.17, 15) is 4.39 Å². The molecular formula is C15H11Br2FN2O. The van der Waals surface area contributed by atoms with Crippen LogP contribution in [0.2, 0.25) is 0 Å². The minimum atomic E-state index is -0.522. The van der Waals surface area contributed by atoms with Crippen LogP contribution < -0.4 is 10.1 Å². The molecule has 0 atom stereocenters. The number of nitrogens with one attached hydrogen (secondary N) is 1. The van der Waals surface area contributed by atoms with E-state index < -0.39 is 5.82 Å². The van der Waals surface area contributed by atoms with Crippen molar-refractivity contribution >= 4 is 37.5 Å². The van der Waals surface area contributed by atoms with Crippen LogP contribution in [0.25, 0.3) is 0 Å². The number of hydrogen-bond acceptors (Lipinski definition) is 3. The van der Waals surface area contributed by atoms with Crippen LogP contribution in [0.3, 0.4) is 0 Å². The summed E-state index contributed by atoms with van der Waals surface area (Å²) in [5.74, 6) is 0.208. The van der Waals surface area contributed by atoms with Crippen molar-refractivity contribution in [3.05, 3.63) is 56.2 Å². The number of benzene rings is 2. The summed E-state index contributed by atoms with van der Waals surface area (Å²) in [4.78, 5) is 0. The highest BCUT2D eigenvalue weighted by molar-refractivity contribution is 9.11. The summed E-state index contributed by atoms with van der Waals surface area (Å²) in [5.41, 5.74) is 1.62. The summed E-state index contributed by atoms with van der Waals surface area (Å²) >= 11 is 6.87. The quantitative estimate of drug-likeness (QED) is 0.779. The second-order valence-electron chi connectivity index (χ2n) is 4.24. The van der Waals surface area contributed by atoms with Crippen LogP contribution >= 0.6 is 31.9 Å². The highest BCUT2D eigenvalue weighted by Crippen LogP contribution is 2.33. The molecule has 2 aromatic carbocycles. The van der Waals surface area contributed by atoms with Crippen molar-refractivity contribution < 1.29 is 9.13 Å². The van der Waals surface area contributed by atoms with E-state index in [4.69, 9.17) is 10.00 Å². The van der Waals surface area contributed by atoms with E-state index >= 15 is 0 Å². The third-order valence-electron chi connectivity index (χ3n) is 2.86. The molecule has 0 amide bonds. The van der Waals surface area contributed by atoms with Crippen LogP contribution in [-0.2, 0) is 6.54 Å². The largest absolute Gasteiger partial charge is 0.495 e. The third-order valence-corrected chi connectivity index (χ3v) is 3.91. The van der Waals surface area contributed by atoms with E-state index in [1.165, 1.54) is 12.1 Å². The van der Waals surface area contributed by atoms with Crippen LogP contribution in [-0.4, -0.2) is 7.11 Å². The van der Waals surface area contributed by atoms with Gasteiger partial charge in [-0.1, -0.05) is 15.9 Å². The molecule has 0 bridgehead atoms. The van der Waals surface area contributed by atoms with E-state index in [-0.39, 0.29) is 5.56 Å². The van der Waals surface area contributed by atoms with Crippen molar-refractivity contribution in [2.45, 2.75) is 6.54 Å². The maximum atomic E-state index is 13.3. The standard InChI is InChI=1S/C15H11Br2FN2O/c1-21-15-10(4-11(16)6-13(15)17)8-20-12-2-3-14(18)9(5-12)7-19/h2-6,20H,8H2,1H3. The van der Waals surface area contributed by atoms with Gasteiger partial charge in [0.2, 0.25) is 0 Å². The number of nitrogens with zero attached hydrogens (tertiary/aromatic N) is 1. The predicted molar refractivity (Wildman–Crippen MR) is 86.8 cm³/mol. The summed E-state index contributed by atoms with van der Waals surface area (Å²) < 4.78 is 20.4. The van der Waals surface area contributed by atoms with Gasteiger partial charge in [-0.3, -0.25) is 0 Å². The Balaban J connectivity index is 2.22. The molecule has 3 nitrogen and oxygen atoms in total. The molecule has 0 heterocycles. The number of methoxy groups -OCH3 is 1. The van der Waals surface area contributed by atoms with E-state index in [0.717, 1.165) is 20.3 Å². The highest BCUT2D eigenvalue weighted by atomic mass is 79.9. The fraction of sp³-hybridized carbons (Fsp3) is 0.133. The zero-order valence-electron chi connectivity index (χ0n) is 11.1. The van der Waals surface area contributed by atoms with Gasteiger partial charge in [0.1, 0.15) is 17.6 Å². The van der Waals surface area contributed by atoms with Gasteiger partial charge in [0.05, 0.1) is 17.1 Å². The van der Waals surface area contributed by atoms with Crippen molar-refractivity contribution in [3.63, 3.8) is 0 Å². The van der Waals surface area contributed by atoms with Gasteiger partial charge in [0, 0.05) is 22.3 Å². The van der Waals surface area contributed by atoms with Gasteiger partial charge in [0.15, 0.2) is 0 Å². The maximum Gasteiger partial charge on any atom is 0.141 e. The van der Waals surface area contributed by atoms with Gasteiger partial charge < -0.3 is 10.1 Å². The van der Waals surface area contributed by atoms with Gasteiger partial charge >= 0.3 is 0 Å². The summed E-state index contributed by atoms with van der Waals surface area (Å²) in [6.07, 6.45) is 0. The first-order valence-electron chi connectivity index (χ1n) is 6.00. The summed E-state index contributed by atoms with van der Waals surface area (Å²) in [6, 6.07) is 10.00. The molecule has 0 unspecified atom stereocenters. The maximum absolute atomic E-state index is 13.3. The second-order valence-corrected chi connectivity index (χ2v) is 6.01. The molecule has 0 fully saturated rings. The molecule has 0 saturated carbocycles. The molecule has 21 heavy (non-hydrogen) atoms. The molecule has 0 spiro atoms. The topological polar surface area (TPSA) is 45.0 Å². The monoisotopic (exact) mass is 412 g/mol. The van der Waals surface area contributed by atoms with Crippen LogP contribution in [0.4, 0.5) is 10.1 Å². The summed E-state index contributed by atoms with van der Waals surface area (Å²) in [7, 11) is 1.60. The molecule has 2 aromatic rings. The Morgan fingerprint density at radius 1 is 1.29 bits per heavy atom. The first-order chi connectivity index (χ1) is 10.0. The highest BCUT2D eigenvalue weighted by Gasteiger charge is 2.10. The van der Waals surface area contributed by atoms with Gasteiger partial charge in [0.25, 0.3) is 0 Å². The molecule has 2 rings (SSSR count). The predicted octanol–water partition coefficient (Wildman–Crippen LogP) is 4.84. The summed E-state index contributed by atoms with van der Waals surface area (Å²) in [6.45, 7) is 0.484. The van der Waals surface area contributed by atoms with E-state index in [0.29, 0.717) is 12.2 Å². The van der Waals surface area contributed by atoms with Crippen LogP contribution in [0.15, 0.2) is 39.3 Å². The fourth-order valence-electron chi connectivity index (χ4n) is 1.89. The van der Waals surface area contributed by atoms with Crippen LogP contribution in [0.5, 0.6) is 5.75 Å². The van der Waals surface area contributed by atoms with Crippen LogP contribution in [0.1, 0.15) is 11.1 Å². The Kier molecular flexibility index (Phi) is 5.21. The lowest BCUT2D eigenvalue weighted by molar-refractivity contribution is 0.407. The minimum absolute atomic E-state index is 0.0161. The summed E-state index contributed by atoms with van der Waals surface area (Å²) in [5, 5.41) is 12.0. The minimum Gasteiger partial charge on any atom is -0.495 e. The molecular weight excluding hydrogens is 403 g/mol. The van der Waals surface area contributed by atoms with Gasteiger partial charge in [-0.05, 0) is 46.3 Å². The molecule has 0 aliphatic rings. The Morgan fingerprint density at radius 3 is 2.71 bits per heavy atom. The van der Waals surface area contributed by atoms with Crippen molar-refractivity contribution in [3.8, 4) is 11.8 Å². The number of nitriles is 1. The number of anilines is 1. The van der Waals surface area contributed by atoms with Gasteiger partial charge in [-0.2, -0.15) is 5.26 Å². The molecule has 0 saturated heterocycles. The molecule has 0 aliphatic heterocycles. The van der Waals surface area contributed by atoms with Crippen LogP contribution in [0, 0.1) is 17.1 Å². The third kappa shape index (κ3) is 3.74. The first-order valence-corrected chi connectivity index (χ1v) is 7.59. The molecule has 0 aromatic heterocycles. The van der Waals surface area contributed by atoms with E-state index in [2.05, 4.69) is 37.2 Å². The van der Waals surface area contributed by atoms with Crippen molar-refractivity contribution in [1.29, 1.82) is 5.26 Å². The normalized spacial score (nSPS) is 10.0. The second kappa shape index (κ2) is 6.92. The SMILES string of the molecule is COc1c(Br)cc(Br)cc1CNc1ccc(F)c(C#N)c1. The van der Waals surface area contributed by atoms with Crippen molar-refractivity contribution in [1.82, 2.24) is 0 Å². The average Bonchev–Trinajstić information content (AvgIpc) is 2.46. The molecule has 0 aliphatic carbocycles. The Bertz CT molecular complexity index is 714. The Labute approximate surface area is 139 Å². The molecule has 108 valence electrons. The zero-order chi connectivity index (χ0) is 15.4. The lowest BCUT2D eigenvalue weighted by atomic mass is 10.1. The molecule has 0 radical (unpaired) electrons. The number of halogens is 3. The van der Waals surface area contributed by atoms with Gasteiger partial charge in [-0.25, -0.2) is 4.39 Å². The first kappa shape index (κ1) is 15.8. The number of hydrogen-bond donors (Lipinski definition) is 1. The fourth-order valence-corrected chi connectivity index (χ4v) is 3.37. The Morgan fingerprint density at radius 2 is 2.05 bits per heavy atom. The molecule has 6 heteroatoms. The number of rotatable bonds is 4. The van der Waals surface area contributed by atoms with Gasteiger partial charge in [-0.15, -0.1) is 0 Å². The lowest BCUT2D eigenvalue weighted by Gasteiger charge is -2.13. The zero-order valence-corrected chi connectivity index (χ0v) is 14.3. The van der Waals surface area contributed by atoms with Crippen molar-refractivity contribution in [2.24, 2.45) is 0 Å². The van der Waals surface area contributed by atoms with Crippen molar-refractivity contribution in [2.75, 3.05) is 12.4 Å². The Hall–Kier alpha value is -1.58. The van der Waals surface area contributed by atoms with E-state index in [1.54, 1.807) is 13.2 Å². The average molecular weight is 414 g/mol. The smallest absolute Gasteiger partial charge is 0.141 e. The van der Waals surface area contributed by atoms with E-state index in [1.807, 2.05) is 18.2 Å². The number of ether oxygens (including phenoxy) is 1.